The molecule has 23 heavy (non-hydrogen) atoms. The van der Waals surface area contributed by atoms with Crippen LogP contribution in [0.25, 0.3) is 0 Å². The Hall–Kier alpha value is -2.40. The van der Waals surface area contributed by atoms with Crippen LogP contribution in [0.3, 0.4) is 0 Å². The average molecular weight is 336 g/mol. The molecule has 122 valence electrons. The second kappa shape index (κ2) is 7.74. The second-order valence-corrected chi connectivity index (χ2v) is 5.10. The van der Waals surface area contributed by atoms with Crippen LogP contribution < -0.4 is 15.2 Å². The molecular formula is C17H18ClNO4. The number of carbonyl (C=O) groups excluding carboxylic acids is 1. The molecule has 0 amide bonds. The minimum Gasteiger partial charge on any atom is -0.496 e. The van der Waals surface area contributed by atoms with E-state index in [1.165, 1.54) is 19.2 Å². The predicted octanol–water partition coefficient (Wildman–Crippen LogP) is 3.69. The molecule has 0 saturated heterocycles. The number of anilines is 1. The van der Waals surface area contributed by atoms with Crippen molar-refractivity contribution >= 4 is 23.3 Å². The summed E-state index contributed by atoms with van der Waals surface area (Å²) in [6.07, 6.45) is 0. The molecule has 0 atom stereocenters. The standard InChI is InChI=1S/C17H18ClNO4/c1-3-22-15-7-5-4-6-11(15)10-23-17(20)12-8-13(18)14(19)9-16(12)21-2/h4-9H,3,10,19H2,1-2H3. The summed E-state index contributed by atoms with van der Waals surface area (Å²) in [5.41, 5.74) is 7.04. The van der Waals surface area contributed by atoms with E-state index in [2.05, 4.69) is 0 Å². The lowest BCUT2D eigenvalue weighted by molar-refractivity contribution is 0.0466. The summed E-state index contributed by atoms with van der Waals surface area (Å²) in [7, 11) is 1.45. The van der Waals surface area contributed by atoms with Gasteiger partial charge in [-0.3, -0.25) is 0 Å². The van der Waals surface area contributed by atoms with E-state index in [9.17, 15) is 4.79 Å². The number of para-hydroxylation sites is 1. The first-order valence-corrected chi connectivity index (χ1v) is 7.45. The normalized spacial score (nSPS) is 10.2. The molecule has 0 aliphatic carbocycles. The van der Waals surface area contributed by atoms with Crippen molar-refractivity contribution in [2.75, 3.05) is 19.5 Å². The van der Waals surface area contributed by atoms with Gasteiger partial charge in [0.2, 0.25) is 0 Å². The van der Waals surface area contributed by atoms with Gasteiger partial charge in [0.05, 0.1) is 24.4 Å². The van der Waals surface area contributed by atoms with Crippen molar-refractivity contribution in [3.8, 4) is 11.5 Å². The van der Waals surface area contributed by atoms with Crippen molar-refractivity contribution in [3.05, 3.63) is 52.5 Å². The highest BCUT2D eigenvalue weighted by molar-refractivity contribution is 6.33. The molecule has 0 bridgehead atoms. The molecule has 2 rings (SSSR count). The van der Waals surface area contributed by atoms with Crippen LogP contribution in [0.4, 0.5) is 5.69 Å². The highest BCUT2D eigenvalue weighted by Gasteiger charge is 2.17. The maximum atomic E-state index is 12.3. The molecule has 0 unspecified atom stereocenters. The number of hydrogen-bond acceptors (Lipinski definition) is 5. The largest absolute Gasteiger partial charge is 0.496 e. The molecule has 0 fully saturated rings. The minimum absolute atomic E-state index is 0.0835. The van der Waals surface area contributed by atoms with Crippen LogP contribution in [0, 0.1) is 0 Å². The zero-order chi connectivity index (χ0) is 16.8. The van der Waals surface area contributed by atoms with Gasteiger partial charge < -0.3 is 19.9 Å². The van der Waals surface area contributed by atoms with Crippen LogP contribution in [-0.4, -0.2) is 19.7 Å². The summed E-state index contributed by atoms with van der Waals surface area (Å²) in [6.45, 7) is 2.51. The van der Waals surface area contributed by atoms with Crippen molar-refractivity contribution in [1.29, 1.82) is 0 Å². The summed E-state index contributed by atoms with van der Waals surface area (Å²) in [6, 6.07) is 10.3. The van der Waals surface area contributed by atoms with Crippen molar-refractivity contribution in [2.45, 2.75) is 13.5 Å². The van der Waals surface area contributed by atoms with Crippen LogP contribution in [0.1, 0.15) is 22.8 Å². The van der Waals surface area contributed by atoms with Crippen LogP contribution in [0.2, 0.25) is 5.02 Å². The molecule has 2 N–H and O–H groups in total. The summed E-state index contributed by atoms with van der Waals surface area (Å²) in [4.78, 5) is 12.3. The van der Waals surface area contributed by atoms with E-state index < -0.39 is 5.97 Å². The fourth-order valence-corrected chi connectivity index (χ4v) is 2.20. The van der Waals surface area contributed by atoms with Gasteiger partial charge in [-0.25, -0.2) is 4.79 Å². The fraction of sp³-hybridized carbons (Fsp3) is 0.235. The monoisotopic (exact) mass is 335 g/mol. The first-order chi connectivity index (χ1) is 11.1. The van der Waals surface area contributed by atoms with Gasteiger partial charge in [0.15, 0.2) is 0 Å². The lowest BCUT2D eigenvalue weighted by atomic mass is 10.1. The van der Waals surface area contributed by atoms with Gasteiger partial charge in [0, 0.05) is 11.6 Å². The molecule has 0 radical (unpaired) electrons. The molecule has 0 heterocycles. The van der Waals surface area contributed by atoms with Gasteiger partial charge in [-0.05, 0) is 19.1 Å². The van der Waals surface area contributed by atoms with Crippen LogP contribution in [0.5, 0.6) is 11.5 Å². The summed E-state index contributed by atoms with van der Waals surface area (Å²) in [5.74, 6) is 0.454. The van der Waals surface area contributed by atoms with Gasteiger partial charge in [-0.15, -0.1) is 0 Å². The van der Waals surface area contributed by atoms with E-state index >= 15 is 0 Å². The van der Waals surface area contributed by atoms with Crippen LogP contribution in [0.15, 0.2) is 36.4 Å². The highest BCUT2D eigenvalue weighted by atomic mass is 35.5. The van der Waals surface area contributed by atoms with Crippen molar-refractivity contribution in [1.82, 2.24) is 0 Å². The van der Waals surface area contributed by atoms with E-state index in [0.29, 0.717) is 23.8 Å². The number of benzene rings is 2. The zero-order valence-corrected chi connectivity index (χ0v) is 13.7. The maximum absolute atomic E-state index is 12.3. The van der Waals surface area contributed by atoms with Crippen LogP contribution >= 0.6 is 11.6 Å². The summed E-state index contributed by atoms with van der Waals surface area (Å²) in [5, 5.41) is 0.271. The number of carbonyl (C=O) groups is 1. The first kappa shape index (κ1) is 17.0. The van der Waals surface area contributed by atoms with Gasteiger partial charge in [0.25, 0.3) is 0 Å². The fourth-order valence-electron chi connectivity index (χ4n) is 2.04. The number of esters is 1. The molecule has 0 aromatic heterocycles. The van der Waals surface area contributed by atoms with Crippen molar-refractivity contribution in [2.24, 2.45) is 0 Å². The molecule has 0 saturated carbocycles. The Bertz CT molecular complexity index is 703. The Morgan fingerprint density at radius 1 is 1.22 bits per heavy atom. The molecule has 2 aromatic carbocycles. The molecule has 0 spiro atoms. The van der Waals surface area contributed by atoms with Crippen molar-refractivity contribution in [3.63, 3.8) is 0 Å². The van der Waals surface area contributed by atoms with E-state index in [1.54, 1.807) is 0 Å². The van der Waals surface area contributed by atoms with E-state index in [1.807, 2.05) is 31.2 Å². The third-order valence-corrected chi connectivity index (χ3v) is 3.50. The number of nitrogens with two attached hydrogens (primary N) is 1. The second-order valence-electron chi connectivity index (χ2n) is 4.69. The highest BCUT2D eigenvalue weighted by Crippen LogP contribution is 2.29. The summed E-state index contributed by atoms with van der Waals surface area (Å²) < 4.78 is 16.0. The molecule has 5 nitrogen and oxygen atoms in total. The Labute approximate surface area is 139 Å². The van der Waals surface area contributed by atoms with E-state index in [4.69, 9.17) is 31.5 Å². The van der Waals surface area contributed by atoms with E-state index in [0.717, 1.165) is 5.56 Å². The number of nitrogen functional groups attached to an aromatic ring is 1. The smallest absolute Gasteiger partial charge is 0.342 e. The Balaban J connectivity index is 2.16. The SMILES string of the molecule is CCOc1ccccc1COC(=O)c1cc(Cl)c(N)cc1OC. The molecule has 6 heteroatoms. The van der Waals surface area contributed by atoms with Gasteiger partial charge in [0.1, 0.15) is 23.7 Å². The Kier molecular flexibility index (Phi) is 5.71. The van der Waals surface area contributed by atoms with Crippen molar-refractivity contribution < 1.29 is 19.0 Å². The van der Waals surface area contributed by atoms with Gasteiger partial charge >= 0.3 is 5.97 Å². The number of methoxy groups -OCH3 is 1. The lowest BCUT2D eigenvalue weighted by Crippen LogP contribution is -2.09. The van der Waals surface area contributed by atoms with Gasteiger partial charge in [-0.2, -0.15) is 0 Å². The Morgan fingerprint density at radius 2 is 1.96 bits per heavy atom. The molecule has 2 aromatic rings. The molecule has 0 aliphatic rings. The Morgan fingerprint density at radius 3 is 2.65 bits per heavy atom. The van der Waals surface area contributed by atoms with Gasteiger partial charge in [-0.1, -0.05) is 29.8 Å². The topological polar surface area (TPSA) is 70.8 Å². The van der Waals surface area contributed by atoms with Crippen LogP contribution in [-0.2, 0) is 11.3 Å². The number of rotatable bonds is 6. The number of halogens is 1. The first-order valence-electron chi connectivity index (χ1n) is 7.07. The number of hydrogen-bond donors (Lipinski definition) is 1. The predicted molar refractivity (Wildman–Crippen MR) is 89.1 cm³/mol. The average Bonchev–Trinajstić information content (AvgIpc) is 2.56. The summed E-state index contributed by atoms with van der Waals surface area (Å²) >= 11 is 5.96. The quantitative estimate of drug-likeness (QED) is 0.644. The molecule has 0 aliphatic heterocycles. The third kappa shape index (κ3) is 4.07. The van der Waals surface area contributed by atoms with E-state index in [-0.39, 0.29) is 17.2 Å². The number of ether oxygens (including phenoxy) is 3. The lowest BCUT2D eigenvalue weighted by Gasteiger charge is -2.12. The molecular weight excluding hydrogens is 318 g/mol. The zero-order valence-electron chi connectivity index (χ0n) is 13.0. The third-order valence-electron chi connectivity index (χ3n) is 3.17. The minimum atomic E-state index is -0.546. The maximum Gasteiger partial charge on any atom is 0.342 e.